The predicted octanol–water partition coefficient (Wildman–Crippen LogP) is 6.92. The summed E-state index contributed by atoms with van der Waals surface area (Å²) in [6.07, 6.45) is 16.3. The molecule has 5 rings (SSSR count). The van der Waals surface area contributed by atoms with Gasteiger partial charge >= 0.3 is 0 Å². The molecule has 5 aliphatic carbocycles. The molecule has 0 aliphatic heterocycles. The molecule has 0 aromatic heterocycles. The van der Waals surface area contributed by atoms with E-state index in [-0.39, 0.29) is 38.9 Å². The molecule has 7 atom stereocenters. The van der Waals surface area contributed by atoms with Gasteiger partial charge in [-0.1, -0.05) is 53.0 Å². The van der Waals surface area contributed by atoms with Gasteiger partial charge in [0.2, 0.25) is 0 Å². The minimum atomic E-state index is -0.261. The first kappa shape index (κ1) is 21.0. The van der Waals surface area contributed by atoms with Crippen LogP contribution in [0.4, 0.5) is 0 Å². The Balaban J connectivity index is 1.64. The summed E-state index contributed by atoms with van der Waals surface area (Å²) in [6.45, 7) is 12.1. The number of carbonyl (C=O) groups excluding carboxylic acids is 2. The number of hydrogen-bond donors (Lipinski definition) is 0. The third-order valence-electron chi connectivity index (χ3n) is 11.7. The van der Waals surface area contributed by atoms with Gasteiger partial charge in [0.1, 0.15) is 6.29 Å². The summed E-state index contributed by atoms with van der Waals surface area (Å²) in [7, 11) is 0. The van der Waals surface area contributed by atoms with Crippen molar-refractivity contribution in [1.29, 1.82) is 0 Å². The van der Waals surface area contributed by atoms with E-state index in [1.807, 2.05) is 0 Å². The lowest BCUT2D eigenvalue weighted by molar-refractivity contribution is -0.171. The van der Waals surface area contributed by atoms with Gasteiger partial charge in [-0.05, 0) is 97.4 Å². The van der Waals surface area contributed by atoms with Crippen LogP contribution < -0.4 is 0 Å². The van der Waals surface area contributed by atoms with Crippen molar-refractivity contribution in [2.24, 2.45) is 44.8 Å². The van der Waals surface area contributed by atoms with E-state index in [1.54, 1.807) is 0 Å². The van der Waals surface area contributed by atoms with E-state index in [9.17, 15) is 9.59 Å². The maximum atomic E-state index is 14.0. The van der Waals surface area contributed by atoms with E-state index >= 15 is 0 Å². The van der Waals surface area contributed by atoms with Crippen molar-refractivity contribution >= 4 is 12.1 Å². The Morgan fingerprint density at radius 2 is 1.63 bits per heavy atom. The molecule has 4 fully saturated rings. The highest BCUT2D eigenvalue weighted by molar-refractivity contribution is 5.96. The van der Waals surface area contributed by atoms with Crippen LogP contribution in [0, 0.1) is 44.8 Å². The molecular weight excluding hydrogens is 368 g/mol. The van der Waals surface area contributed by atoms with Crippen molar-refractivity contribution in [1.82, 2.24) is 0 Å². The molecule has 30 heavy (non-hydrogen) atoms. The van der Waals surface area contributed by atoms with Crippen LogP contribution in [-0.2, 0) is 9.59 Å². The summed E-state index contributed by atoms with van der Waals surface area (Å²) in [4.78, 5) is 26.5. The fraction of sp³-hybridized carbons (Fsp3) is 0.857. The summed E-state index contributed by atoms with van der Waals surface area (Å²) >= 11 is 0. The van der Waals surface area contributed by atoms with Gasteiger partial charge in [-0.2, -0.15) is 0 Å². The fourth-order valence-corrected chi connectivity index (χ4v) is 9.45. The summed E-state index contributed by atoms with van der Waals surface area (Å²) in [5, 5.41) is 0. The minimum Gasteiger partial charge on any atom is -0.303 e. The van der Waals surface area contributed by atoms with Gasteiger partial charge in [0.05, 0.1) is 0 Å². The Bertz CT molecular complexity index is 807. The molecule has 0 spiro atoms. The van der Waals surface area contributed by atoms with Gasteiger partial charge in [0, 0.05) is 11.3 Å². The summed E-state index contributed by atoms with van der Waals surface area (Å²) in [5.41, 5.74) is 1.77. The molecule has 0 radical (unpaired) electrons. The third kappa shape index (κ3) is 2.49. The van der Waals surface area contributed by atoms with Crippen LogP contribution in [0.15, 0.2) is 11.6 Å². The number of rotatable bonds is 1. The van der Waals surface area contributed by atoms with Crippen LogP contribution in [-0.4, -0.2) is 12.1 Å². The van der Waals surface area contributed by atoms with Gasteiger partial charge in [-0.3, -0.25) is 4.79 Å². The van der Waals surface area contributed by atoms with Crippen molar-refractivity contribution < 1.29 is 9.59 Å². The molecule has 0 saturated heterocycles. The van der Waals surface area contributed by atoms with Crippen molar-refractivity contribution in [3.05, 3.63) is 11.6 Å². The first-order valence-corrected chi connectivity index (χ1v) is 12.7. The van der Waals surface area contributed by atoms with Crippen molar-refractivity contribution in [3.8, 4) is 0 Å². The second-order valence-corrected chi connectivity index (χ2v) is 13.4. The number of ketones is 1. The maximum Gasteiger partial charge on any atom is 0.159 e. The number of carbonyl (C=O) groups is 2. The van der Waals surface area contributed by atoms with E-state index in [2.05, 4.69) is 40.7 Å². The molecule has 166 valence electrons. The Kier molecular flexibility index (Phi) is 4.41. The van der Waals surface area contributed by atoms with E-state index in [0.717, 1.165) is 38.0 Å². The Morgan fingerprint density at radius 3 is 2.37 bits per heavy atom. The first-order valence-electron chi connectivity index (χ1n) is 12.7. The average molecular weight is 411 g/mol. The second-order valence-electron chi connectivity index (χ2n) is 13.4. The largest absolute Gasteiger partial charge is 0.303 e. The molecular formula is C28H42O2. The highest BCUT2D eigenvalue weighted by Gasteiger charge is 2.68. The average Bonchev–Trinajstić information content (AvgIpc) is 2.69. The van der Waals surface area contributed by atoms with Crippen molar-refractivity contribution in [2.45, 2.75) is 105 Å². The van der Waals surface area contributed by atoms with Crippen LogP contribution in [0.3, 0.4) is 0 Å². The normalized spacial score (nSPS) is 52.2. The molecule has 0 amide bonds. The number of aldehydes is 1. The van der Waals surface area contributed by atoms with Crippen molar-refractivity contribution in [2.75, 3.05) is 0 Å². The number of fused-ring (bicyclic) bond motifs is 7. The number of allylic oxidation sites excluding steroid dienone is 2. The Morgan fingerprint density at radius 1 is 0.900 bits per heavy atom. The standard InChI is InChI=1S/C28H42O2/c1-24(2)12-14-28(18-29)15-13-27(5)23(20(28)17-24)21(30)16-22-25(3)10-7-6-8-19(25)9-11-26(22,27)4/h16,18-20,23H,6-15,17H2,1-5H3/t19?,20?,23?,25-,26+,27+,28+/m0/s1. The van der Waals surface area contributed by atoms with E-state index in [4.69, 9.17) is 0 Å². The highest BCUT2D eigenvalue weighted by Crippen LogP contribution is 2.73. The van der Waals surface area contributed by atoms with Crippen LogP contribution in [0.1, 0.15) is 105 Å². The zero-order valence-electron chi connectivity index (χ0n) is 20.0. The third-order valence-corrected chi connectivity index (χ3v) is 11.7. The molecule has 4 saturated carbocycles. The topological polar surface area (TPSA) is 34.1 Å². The summed E-state index contributed by atoms with van der Waals surface area (Å²) in [5.74, 6) is 1.36. The monoisotopic (exact) mass is 410 g/mol. The Hall–Kier alpha value is -0.920. The van der Waals surface area contributed by atoms with Gasteiger partial charge < -0.3 is 4.79 Å². The second kappa shape index (κ2) is 6.32. The zero-order valence-corrected chi connectivity index (χ0v) is 20.0. The van der Waals surface area contributed by atoms with Gasteiger partial charge in [0.15, 0.2) is 5.78 Å². The van der Waals surface area contributed by atoms with E-state index < -0.39 is 0 Å². The van der Waals surface area contributed by atoms with Crippen molar-refractivity contribution in [3.63, 3.8) is 0 Å². The molecule has 0 bridgehead atoms. The predicted molar refractivity (Wildman–Crippen MR) is 121 cm³/mol. The summed E-state index contributed by atoms with van der Waals surface area (Å²) in [6, 6.07) is 0. The Labute approximate surface area is 183 Å². The molecule has 0 heterocycles. The molecule has 3 unspecified atom stereocenters. The van der Waals surface area contributed by atoms with Crippen LogP contribution >= 0.6 is 0 Å². The van der Waals surface area contributed by atoms with Crippen LogP contribution in [0.25, 0.3) is 0 Å². The number of hydrogen-bond acceptors (Lipinski definition) is 2. The molecule has 2 heteroatoms. The molecule has 0 N–H and O–H groups in total. The van der Waals surface area contributed by atoms with Crippen LogP contribution in [0.2, 0.25) is 0 Å². The zero-order chi connectivity index (χ0) is 21.6. The fourth-order valence-electron chi connectivity index (χ4n) is 9.45. The lowest BCUT2D eigenvalue weighted by atomic mass is 9.35. The van der Waals surface area contributed by atoms with Gasteiger partial charge in [-0.25, -0.2) is 0 Å². The van der Waals surface area contributed by atoms with E-state index in [0.29, 0.717) is 5.78 Å². The molecule has 5 aliphatic rings. The quantitative estimate of drug-likeness (QED) is 0.440. The minimum absolute atomic E-state index is 0.00973. The van der Waals surface area contributed by atoms with Gasteiger partial charge in [-0.15, -0.1) is 0 Å². The molecule has 2 nitrogen and oxygen atoms in total. The molecule has 0 aromatic carbocycles. The lowest BCUT2D eigenvalue weighted by Crippen LogP contribution is -2.64. The SMILES string of the molecule is CC1(C)CC[C@]2(C=O)CC[C@]3(C)C(C(=O)C=C4[C@@]5(C)CCCCC5CC[C@]43C)C2C1. The van der Waals surface area contributed by atoms with Gasteiger partial charge in [0.25, 0.3) is 0 Å². The van der Waals surface area contributed by atoms with Crippen LogP contribution in [0.5, 0.6) is 0 Å². The first-order chi connectivity index (χ1) is 14.0. The molecule has 0 aromatic rings. The lowest BCUT2D eigenvalue weighted by Gasteiger charge is -2.68. The van der Waals surface area contributed by atoms with E-state index in [1.165, 1.54) is 50.4 Å². The smallest absolute Gasteiger partial charge is 0.159 e. The summed E-state index contributed by atoms with van der Waals surface area (Å²) < 4.78 is 0. The highest BCUT2D eigenvalue weighted by atomic mass is 16.1. The maximum absolute atomic E-state index is 14.0.